The average molecular weight is 200 g/mol. The summed E-state index contributed by atoms with van der Waals surface area (Å²) in [5, 5.41) is 9.25. The number of nitrogens with zero attached hydrogens (tertiary/aromatic N) is 1. The molecule has 0 saturated heterocycles. The Kier molecular flexibility index (Phi) is 5.45. The van der Waals surface area contributed by atoms with Crippen LogP contribution in [-0.4, -0.2) is 41.8 Å². The zero-order valence-electron chi connectivity index (χ0n) is 9.28. The summed E-state index contributed by atoms with van der Waals surface area (Å²) in [7, 11) is 0. The smallest absolute Gasteiger partial charge is 0.0524 e. The van der Waals surface area contributed by atoms with E-state index in [1.54, 1.807) is 0 Å². The van der Waals surface area contributed by atoms with Gasteiger partial charge >= 0.3 is 0 Å². The van der Waals surface area contributed by atoms with Gasteiger partial charge in [0.05, 0.1) is 6.10 Å². The first-order valence-electron chi connectivity index (χ1n) is 5.86. The van der Waals surface area contributed by atoms with Crippen molar-refractivity contribution >= 4 is 0 Å². The van der Waals surface area contributed by atoms with Gasteiger partial charge in [0.1, 0.15) is 0 Å². The molecule has 0 aromatic heterocycles. The largest absolute Gasteiger partial charge is 0.393 e. The summed E-state index contributed by atoms with van der Waals surface area (Å²) in [4.78, 5) is 2.50. The van der Waals surface area contributed by atoms with Crippen LogP contribution in [0.3, 0.4) is 0 Å². The summed E-state index contributed by atoms with van der Waals surface area (Å²) in [5.74, 6) is 0. The van der Waals surface area contributed by atoms with E-state index in [4.69, 9.17) is 5.73 Å². The minimum atomic E-state index is -0.171. The first kappa shape index (κ1) is 12.0. The highest BCUT2D eigenvalue weighted by atomic mass is 16.3. The molecule has 0 amide bonds. The average Bonchev–Trinajstić information content (AvgIpc) is 2.06. The fourth-order valence-corrected chi connectivity index (χ4v) is 1.88. The lowest BCUT2D eigenvalue weighted by atomic mass is 9.91. The summed E-state index contributed by atoms with van der Waals surface area (Å²) < 4.78 is 0. The standard InChI is InChI=1S/C11H24N2O/c1-10(14)6-9-13(8-3-7-12)11-4-2-5-11/h10-11,14H,2-9,12H2,1H3. The lowest BCUT2D eigenvalue weighted by Gasteiger charge is -2.37. The van der Waals surface area contributed by atoms with Crippen molar-refractivity contribution in [3.05, 3.63) is 0 Å². The molecule has 0 heterocycles. The molecule has 0 spiro atoms. The summed E-state index contributed by atoms with van der Waals surface area (Å²) in [6.45, 7) is 4.77. The van der Waals surface area contributed by atoms with E-state index in [0.717, 1.165) is 38.5 Å². The Labute approximate surface area is 87.3 Å². The highest BCUT2D eigenvalue weighted by Gasteiger charge is 2.24. The fourth-order valence-electron chi connectivity index (χ4n) is 1.88. The van der Waals surface area contributed by atoms with Gasteiger partial charge in [-0.2, -0.15) is 0 Å². The fraction of sp³-hybridized carbons (Fsp3) is 1.00. The topological polar surface area (TPSA) is 49.5 Å². The van der Waals surface area contributed by atoms with Crippen LogP contribution in [0.1, 0.15) is 39.0 Å². The maximum Gasteiger partial charge on any atom is 0.0524 e. The van der Waals surface area contributed by atoms with Gasteiger partial charge in [0.2, 0.25) is 0 Å². The van der Waals surface area contributed by atoms with E-state index >= 15 is 0 Å². The van der Waals surface area contributed by atoms with Crippen molar-refractivity contribution < 1.29 is 5.11 Å². The van der Waals surface area contributed by atoms with Crippen molar-refractivity contribution in [2.75, 3.05) is 19.6 Å². The number of rotatable bonds is 7. The van der Waals surface area contributed by atoms with Gasteiger partial charge in [0.25, 0.3) is 0 Å². The van der Waals surface area contributed by atoms with Gasteiger partial charge in [-0.3, -0.25) is 0 Å². The predicted octanol–water partition coefficient (Wildman–Crippen LogP) is 0.961. The Balaban J connectivity index is 2.20. The molecule has 3 nitrogen and oxygen atoms in total. The number of aliphatic hydroxyl groups excluding tert-OH is 1. The first-order chi connectivity index (χ1) is 6.74. The minimum Gasteiger partial charge on any atom is -0.393 e. The molecule has 3 N–H and O–H groups in total. The molecule has 3 heteroatoms. The highest BCUT2D eigenvalue weighted by Crippen LogP contribution is 2.25. The van der Waals surface area contributed by atoms with E-state index in [9.17, 15) is 5.11 Å². The SMILES string of the molecule is CC(O)CCN(CCCN)C1CCC1. The van der Waals surface area contributed by atoms with Gasteiger partial charge in [-0.15, -0.1) is 0 Å². The van der Waals surface area contributed by atoms with Crippen LogP contribution < -0.4 is 5.73 Å². The van der Waals surface area contributed by atoms with Crippen LogP contribution in [0.4, 0.5) is 0 Å². The molecule has 0 aliphatic heterocycles. The lowest BCUT2D eigenvalue weighted by Crippen LogP contribution is -2.42. The normalized spacial score (nSPS) is 19.7. The maximum atomic E-state index is 9.25. The molecule has 14 heavy (non-hydrogen) atoms. The van der Waals surface area contributed by atoms with Gasteiger partial charge in [-0.25, -0.2) is 0 Å². The van der Waals surface area contributed by atoms with Gasteiger partial charge in [-0.05, 0) is 45.7 Å². The Morgan fingerprint density at radius 3 is 2.57 bits per heavy atom. The maximum absolute atomic E-state index is 9.25. The molecule has 1 fully saturated rings. The number of hydrogen-bond acceptors (Lipinski definition) is 3. The second kappa shape index (κ2) is 6.38. The third-order valence-electron chi connectivity index (χ3n) is 3.07. The Morgan fingerprint density at radius 2 is 2.14 bits per heavy atom. The van der Waals surface area contributed by atoms with Crippen molar-refractivity contribution in [2.45, 2.75) is 51.2 Å². The molecule has 1 atom stereocenters. The molecular weight excluding hydrogens is 176 g/mol. The summed E-state index contributed by atoms with van der Waals surface area (Å²) in [6.07, 6.45) is 5.85. The van der Waals surface area contributed by atoms with Crippen molar-refractivity contribution in [3.8, 4) is 0 Å². The van der Waals surface area contributed by atoms with Crippen LogP contribution in [0.2, 0.25) is 0 Å². The summed E-state index contributed by atoms with van der Waals surface area (Å²) >= 11 is 0. The van der Waals surface area contributed by atoms with E-state index in [1.165, 1.54) is 19.3 Å². The Bertz CT molecular complexity index is 146. The molecule has 1 rings (SSSR count). The molecule has 0 aromatic rings. The molecule has 0 bridgehead atoms. The second-order valence-corrected chi connectivity index (χ2v) is 4.40. The zero-order valence-corrected chi connectivity index (χ0v) is 9.28. The number of aliphatic hydroxyl groups is 1. The lowest BCUT2D eigenvalue weighted by molar-refractivity contribution is 0.0976. The Hall–Kier alpha value is -0.120. The van der Waals surface area contributed by atoms with Crippen LogP contribution >= 0.6 is 0 Å². The zero-order chi connectivity index (χ0) is 10.4. The van der Waals surface area contributed by atoms with E-state index in [2.05, 4.69) is 4.90 Å². The van der Waals surface area contributed by atoms with Gasteiger partial charge in [0.15, 0.2) is 0 Å². The predicted molar refractivity (Wildman–Crippen MR) is 59.2 cm³/mol. The van der Waals surface area contributed by atoms with Gasteiger partial charge in [-0.1, -0.05) is 6.42 Å². The van der Waals surface area contributed by atoms with Crippen LogP contribution in [-0.2, 0) is 0 Å². The summed E-state index contributed by atoms with van der Waals surface area (Å²) in [5.41, 5.74) is 5.52. The first-order valence-corrected chi connectivity index (χ1v) is 5.86. The quantitative estimate of drug-likeness (QED) is 0.643. The van der Waals surface area contributed by atoms with Crippen LogP contribution in [0.15, 0.2) is 0 Å². The number of nitrogens with two attached hydrogens (primary N) is 1. The molecule has 0 aromatic carbocycles. The van der Waals surface area contributed by atoms with Crippen molar-refractivity contribution in [2.24, 2.45) is 5.73 Å². The van der Waals surface area contributed by atoms with Crippen molar-refractivity contribution in [1.82, 2.24) is 4.90 Å². The van der Waals surface area contributed by atoms with Crippen LogP contribution in [0.5, 0.6) is 0 Å². The molecule has 84 valence electrons. The van der Waals surface area contributed by atoms with Crippen LogP contribution in [0, 0.1) is 0 Å². The number of hydrogen-bond donors (Lipinski definition) is 2. The minimum absolute atomic E-state index is 0.171. The van der Waals surface area contributed by atoms with Crippen LogP contribution in [0.25, 0.3) is 0 Å². The highest BCUT2D eigenvalue weighted by molar-refractivity contribution is 4.80. The second-order valence-electron chi connectivity index (χ2n) is 4.40. The molecule has 1 aliphatic rings. The summed E-state index contributed by atoms with van der Waals surface area (Å²) in [6, 6.07) is 0.778. The van der Waals surface area contributed by atoms with E-state index < -0.39 is 0 Å². The van der Waals surface area contributed by atoms with Crippen molar-refractivity contribution in [1.29, 1.82) is 0 Å². The molecule has 1 aliphatic carbocycles. The van der Waals surface area contributed by atoms with E-state index in [-0.39, 0.29) is 6.10 Å². The molecule has 1 unspecified atom stereocenters. The van der Waals surface area contributed by atoms with E-state index in [0.29, 0.717) is 0 Å². The molecule has 1 saturated carbocycles. The van der Waals surface area contributed by atoms with Gasteiger partial charge in [0, 0.05) is 12.6 Å². The molecule has 0 radical (unpaired) electrons. The van der Waals surface area contributed by atoms with Gasteiger partial charge < -0.3 is 15.7 Å². The molecular formula is C11H24N2O. The third-order valence-corrected chi connectivity index (χ3v) is 3.07. The monoisotopic (exact) mass is 200 g/mol. The van der Waals surface area contributed by atoms with E-state index in [1.807, 2.05) is 6.92 Å². The van der Waals surface area contributed by atoms with Crippen molar-refractivity contribution in [3.63, 3.8) is 0 Å². The Morgan fingerprint density at radius 1 is 1.43 bits per heavy atom. The third kappa shape index (κ3) is 3.95.